The Hall–Kier alpha value is -0.840. The topological polar surface area (TPSA) is 29.9 Å². The van der Waals surface area contributed by atoms with Crippen LogP contribution in [0.4, 0.5) is 0 Å². The zero-order chi connectivity index (χ0) is 11.7. The van der Waals surface area contributed by atoms with Crippen LogP contribution >= 0.6 is 22.9 Å². The SMILES string of the molecule is CNCc1c(C)c(-c2ccc(Cl)s2)nn1C. The molecule has 0 atom stereocenters. The van der Waals surface area contributed by atoms with Crippen molar-refractivity contribution in [2.24, 2.45) is 7.05 Å². The standard InChI is InChI=1S/C11H14ClN3S/c1-7-8(6-13-2)15(3)14-11(7)9-4-5-10(12)16-9/h4-5,13H,6H2,1-3H3. The van der Waals surface area contributed by atoms with Crippen molar-refractivity contribution in [2.75, 3.05) is 7.05 Å². The van der Waals surface area contributed by atoms with Gasteiger partial charge < -0.3 is 5.32 Å². The molecule has 2 heterocycles. The van der Waals surface area contributed by atoms with Crippen LogP contribution in [0.2, 0.25) is 4.34 Å². The van der Waals surface area contributed by atoms with Gasteiger partial charge in [-0.05, 0) is 26.1 Å². The lowest BCUT2D eigenvalue weighted by atomic mass is 10.2. The van der Waals surface area contributed by atoms with Crippen LogP contribution in [0.25, 0.3) is 10.6 Å². The summed E-state index contributed by atoms with van der Waals surface area (Å²) in [4.78, 5) is 1.13. The third kappa shape index (κ3) is 2.00. The molecule has 0 fully saturated rings. The van der Waals surface area contributed by atoms with Gasteiger partial charge in [-0.3, -0.25) is 4.68 Å². The highest BCUT2D eigenvalue weighted by Crippen LogP contribution is 2.32. The predicted octanol–water partition coefficient (Wildman–Crippen LogP) is 2.83. The van der Waals surface area contributed by atoms with Gasteiger partial charge >= 0.3 is 0 Å². The number of hydrogen-bond acceptors (Lipinski definition) is 3. The highest BCUT2D eigenvalue weighted by molar-refractivity contribution is 7.19. The summed E-state index contributed by atoms with van der Waals surface area (Å²) in [6.07, 6.45) is 0. The number of hydrogen-bond donors (Lipinski definition) is 1. The van der Waals surface area contributed by atoms with Crippen LogP contribution in [0.1, 0.15) is 11.3 Å². The van der Waals surface area contributed by atoms with E-state index in [-0.39, 0.29) is 0 Å². The number of aromatic nitrogens is 2. The maximum Gasteiger partial charge on any atom is 0.106 e. The van der Waals surface area contributed by atoms with Crippen molar-refractivity contribution >= 4 is 22.9 Å². The van der Waals surface area contributed by atoms with Gasteiger partial charge in [0.2, 0.25) is 0 Å². The summed E-state index contributed by atoms with van der Waals surface area (Å²) in [5.41, 5.74) is 3.46. The summed E-state index contributed by atoms with van der Waals surface area (Å²) in [6.45, 7) is 2.93. The van der Waals surface area contributed by atoms with Crippen LogP contribution in [0, 0.1) is 6.92 Å². The van der Waals surface area contributed by atoms with E-state index in [1.54, 1.807) is 11.3 Å². The lowest BCUT2D eigenvalue weighted by Crippen LogP contribution is -2.10. The van der Waals surface area contributed by atoms with Gasteiger partial charge in [-0.1, -0.05) is 11.6 Å². The maximum atomic E-state index is 5.94. The fraction of sp³-hybridized carbons (Fsp3) is 0.364. The van der Waals surface area contributed by atoms with Gasteiger partial charge in [0.05, 0.1) is 14.9 Å². The summed E-state index contributed by atoms with van der Waals surface area (Å²) in [7, 11) is 3.91. The molecule has 16 heavy (non-hydrogen) atoms. The van der Waals surface area contributed by atoms with Gasteiger partial charge in [0.1, 0.15) is 5.69 Å². The molecule has 0 radical (unpaired) electrons. The molecule has 0 saturated heterocycles. The minimum absolute atomic E-state index is 0.801. The Morgan fingerprint density at radius 1 is 1.50 bits per heavy atom. The Morgan fingerprint density at radius 3 is 2.81 bits per heavy atom. The quantitative estimate of drug-likeness (QED) is 0.914. The molecule has 0 unspecified atom stereocenters. The molecule has 2 rings (SSSR count). The molecule has 0 saturated carbocycles. The number of nitrogens with zero attached hydrogens (tertiary/aromatic N) is 2. The van der Waals surface area contributed by atoms with Crippen LogP contribution < -0.4 is 5.32 Å². The third-order valence-electron chi connectivity index (χ3n) is 2.58. The Balaban J connectivity index is 2.46. The number of rotatable bonds is 3. The van der Waals surface area contributed by atoms with Crippen LogP contribution in [-0.2, 0) is 13.6 Å². The normalized spacial score (nSPS) is 11.0. The molecule has 0 aliphatic rings. The molecule has 0 aromatic carbocycles. The lowest BCUT2D eigenvalue weighted by molar-refractivity contribution is 0.671. The van der Waals surface area contributed by atoms with Gasteiger partial charge in [-0.15, -0.1) is 11.3 Å². The number of thiophene rings is 1. The smallest absolute Gasteiger partial charge is 0.106 e. The summed E-state index contributed by atoms with van der Waals surface area (Å²) >= 11 is 7.51. The third-order valence-corrected chi connectivity index (χ3v) is 3.82. The first kappa shape index (κ1) is 11.6. The van der Waals surface area contributed by atoms with Gasteiger partial charge in [0.15, 0.2) is 0 Å². The van der Waals surface area contributed by atoms with E-state index in [0.717, 1.165) is 21.5 Å². The molecule has 0 bridgehead atoms. The fourth-order valence-corrected chi connectivity index (χ4v) is 2.84. The molecule has 0 spiro atoms. The summed E-state index contributed by atoms with van der Waals surface area (Å²) in [5, 5.41) is 7.69. The van der Waals surface area contributed by atoms with Crippen molar-refractivity contribution in [1.29, 1.82) is 0 Å². The highest BCUT2D eigenvalue weighted by Gasteiger charge is 2.14. The molecular weight excluding hydrogens is 242 g/mol. The van der Waals surface area contributed by atoms with Gasteiger partial charge in [0, 0.05) is 19.2 Å². The summed E-state index contributed by atoms with van der Waals surface area (Å²) in [5.74, 6) is 0. The van der Waals surface area contributed by atoms with E-state index < -0.39 is 0 Å². The fourth-order valence-electron chi connectivity index (χ4n) is 1.75. The van der Waals surface area contributed by atoms with Crippen molar-refractivity contribution in [3.63, 3.8) is 0 Å². The van der Waals surface area contributed by atoms with Crippen molar-refractivity contribution in [3.05, 3.63) is 27.7 Å². The molecule has 3 nitrogen and oxygen atoms in total. The number of aryl methyl sites for hydroxylation is 1. The second-order valence-corrected chi connectivity index (χ2v) is 5.39. The summed E-state index contributed by atoms with van der Waals surface area (Å²) < 4.78 is 2.73. The van der Waals surface area contributed by atoms with Crippen LogP contribution in [0.5, 0.6) is 0 Å². The molecule has 2 aromatic heterocycles. The second kappa shape index (κ2) is 4.57. The minimum atomic E-state index is 0.801. The van der Waals surface area contributed by atoms with E-state index in [2.05, 4.69) is 17.3 Å². The zero-order valence-electron chi connectivity index (χ0n) is 9.54. The first-order valence-corrected chi connectivity index (χ1v) is 6.25. The predicted molar refractivity (Wildman–Crippen MR) is 69.0 cm³/mol. The van der Waals surface area contributed by atoms with Crippen molar-refractivity contribution in [2.45, 2.75) is 13.5 Å². The van der Waals surface area contributed by atoms with Crippen molar-refractivity contribution < 1.29 is 0 Å². The Labute approximate surface area is 104 Å². The van der Waals surface area contributed by atoms with E-state index in [1.165, 1.54) is 11.3 Å². The zero-order valence-corrected chi connectivity index (χ0v) is 11.1. The molecule has 86 valence electrons. The van der Waals surface area contributed by atoms with Gasteiger partial charge in [-0.2, -0.15) is 5.10 Å². The average molecular weight is 256 g/mol. The first-order valence-electron chi connectivity index (χ1n) is 5.06. The summed E-state index contributed by atoms with van der Waals surface area (Å²) in [6, 6.07) is 3.93. The van der Waals surface area contributed by atoms with E-state index in [4.69, 9.17) is 11.6 Å². The number of nitrogens with one attached hydrogen (secondary N) is 1. The van der Waals surface area contributed by atoms with Crippen molar-refractivity contribution in [3.8, 4) is 10.6 Å². The highest BCUT2D eigenvalue weighted by atomic mass is 35.5. The maximum absolute atomic E-state index is 5.94. The molecule has 2 aromatic rings. The first-order chi connectivity index (χ1) is 7.63. The average Bonchev–Trinajstić information content (AvgIpc) is 2.77. The van der Waals surface area contributed by atoms with Gasteiger partial charge in [-0.25, -0.2) is 0 Å². The Kier molecular flexibility index (Phi) is 3.33. The molecule has 1 N–H and O–H groups in total. The van der Waals surface area contributed by atoms with E-state index in [0.29, 0.717) is 0 Å². The monoisotopic (exact) mass is 255 g/mol. The second-order valence-electron chi connectivity index (χ2n) is 3.68. The van der Waals surface area contributed by atoms with Crippen LogP contribution in [-0.4, -0.2) is 16.8 Å². The largest absolute Gasteiger partial charge is 0.314 e. The molecular formula is C11H14ClN3S. The van der Waals surface area contributed by atoms with E-state index >= 15 is 0 Å². The number of halogens is 1. The van der Waals surface area contributed by atoms with Crippen LogP contribution in [0.15, 0.2) is 12.1 Å². The van der Waals surface area contributed by atoms with Crippen LogP contribution in [0.3, 0.4) is 0 Å². The molecule has 0 aliphatic heterocycles. The molecule has 5 heteroatoms. The Morgan fingerprint density at radius 2 is 2.25 bits per heavy atom. The van der Waals surface area contributed by atoms with E-state index in [1.807, 2.05) is 30.9 Å². The lowest BCUT2D eigenvalue weighted by Gasteiger charge is -2.01. The van der Waals surface area contributed by atoms with E-state index in [9.17, 15) is 0 Å². The minimum Gasteiger partial charge on any atom is -0.314 e. The molecule has 0 aliphatic carbocycles. The van der Waals surface area contributed by atoms with Crippen molar-refractivity contribution in [1.82, 2.24) is 15.1 Å². The Bertz CT molecular complexity index is 501. The molecule has 0 amide bonds. The van der Waals surface area contributed by atoms with Gasteiger partial charge in [0.25, 0.3) is 0 Å².